The van der Waals surface area contributed by atoms with Gasteiger partial charge in [0.2, 0.25) is 11.8 Å². The van der Waals surface area contributed by atoms with Crippen molar-refractivity contribution in [2.75, 3.05) is 13.1 Å². The van der Waals surface area contributed by atoms with Gasteiger partial charge in [0, 0.05) is 19.7 Å². The lowest BCUT2D eigenvalue weighted by Crippen LogP contribution is -2.39. The van der Waals surface area contributed by atoms with Crippen molar-refractivity contribution in [3.05, 3.63) is 65.0 Å². The summed E-state index contributed by atoms with van der Waals surface area (Å²) in [6.45, 7) is 1.93. The van der Waals surface area contributed by atoms with Gasteiger partial charge < -0.3 is 10.2 Å². The lowest BCUT2D eigenvalue weighted by atomic mass is 10.0. The molecule has 5 nitrogen and oxygen atoms in total. The molecule has 1 atom stereocenters. The van der Waals surface area contributed by atoms with Gasteiger partial charge in [-0.05, 0) is 42.5 Å². The number of benzene rings is 1. The molecule has 3 rings (SSSR count). The Morgan fingerprint density at radius 2 is 2.00 bits per heavy atom. The number of nitrogens with one attached hydrogen (secondary N) is 1. The van der Waals surface area contributed by atoms with E-state index in [4.69, 9.17) is 0 Å². The Balaban J connectivity index is 1.68. The van der Waals surface area contributed by atoms with Crippen molar-refractivity contribution in [3.8, 4) is 0 Å². The maximum absolute atomic E-state index is 12.9. The van der Waals surface area contributed by atoms with Gasteiger partial charge in [-0.2, -0.15) is 13.2 Å². The van der Waals surface area contributed by atoms with Crippen LogP contribution < -0.4 is 5.32 Å². The molecule has 0 unspecified atom stereocenters. The van der Waals surface area contributed by atoms with Gasteiger partial charge in [-0.3, -0.25) is 14.6 Å². The molecule has 2 amide bonds. The fraction of sp³-hybridized carbons (Fsp3) is 0.381. The summed E-state index contributed by atoms with van der Waals surface area (Å²) in [5.41, 5.74) is 1.43. The lowest BCUT2D eigenvalue weighted by Gasteiger charge is -2.24. The minimum absolute atomic E-state index is 0.0422. The summed E-state index contributed by atoms with van der Waals surface area (Å²) in [6, 6.07) is 8.75. The van der Waals surface area contributed by atoms with E-state index in [1.807, 2.05) is 12.1 Å². The van der Waals surface area contributed by atoms with Crippen LogP contribution in [0, 0.1) is 0 Å². The van der Waals surface area contributed by atoms with E-state index in [0.29, 0.717) is 18.5 Å². The van der Waals surface area contributed by atoms with Crippen LogP contribution in [-0.4, -0.2) is 34.8 Å². The van der Waals surface area contributed by atoms with E-state index in [-0.39, 0.29) is 24.4 Å². The number of likely N-dealkylation sites (tertiary alicyclic amines) is 1. The van der Waals surface area contributed by atoms with Crippen LogP contribution in [0.15, 0.2) is 42.6 Å². The number of alkyl halides is 3. The van der Waals surface area contributed by atoms with Crippen molar-refractivity contribution in [1.82, 2.24) is 15.2 Å². The maximum atomic E-state index is 12.9. The molecule has 1 N–H and O–H groups in total. The second-order valence-corrected chi connectivity index (χ2v) is 7.12. The SMILES string of the molecule is CC(=O)NCC(=O)N1CCC[C@H]1c1ccc(Cc2cccc(C(F)(F)F)c2)cn1. The van der Waals surface area contributed by atoms with Crippen LogP contribution in [-0.2, 0) is 22.2 Å². The van der Waals surface area contributed by atoms with E-state index >= 15 is 0 Å². The minimum Gasteiger partial charge on any atom is -0.347 e. The van der Waals surface area contributed by atoms with Crippen LogP contribution in [0.3, 0.4) is 0 Å². The highest BCUT2D eigenvalue weighted by Crippen LogP contribution is 2.32. The maximum Gasteiger partial charge on any atom is 0.416 e. The van der Waals surface area contributed by atoms with E-state index in [1.54, 1.807) is 17.2 Å². The van der Waals surface area contributed by atoms with Crippen molar-refractivity contribution >= 4 is 11.8 Å². The normalized spacial score (nSPS) is 16.7. The monoisotopic (exact) mass is 405 g/mol. The molecule has 0 bridgehead atoms. The summed E-state index contributed by atoms with van der Waals surface area (Å²) < 4.78 is 38.6. The molecule has 154 valence electrons. The highest BCUT2D eigenvalue weighted by Gasteiger charge is 2.31. The number of nitrogens with zero attached hydrogens (tertiary/aromatic N) is 2. The van der Waals surface area contributed by atoms with Gasteiger partial charge in [-0.1, -0.05) is 24.3 Å². The fourth-order valence-electron chi connectivity index (χ4n) is 3.51. The van der Waals surface area contributed by atoms with E-state index < -0.39 is 11.7 Å². The molecule has 1 aliphatic heterocycles. The van der Waals surface area contributed by atoms with E-state index in [1.165, 1.54) is 13.0 Å². The Morgan fingerprint density at radius 1 is 1.21 bits per heavy atom. The molecular weight excluding hydrogens is 383 g/mol. The molecule has 0 saturated carbocycles. The first-order valence-corrected chi connectivity index (χ1v) is 9.39. The van der Waals surface area contributed by atoms with Crippen LogP contribution in [0.2, 0.25) is 0 Å². The largest absolute Gasteiger partial charge is 0.416 e. The molecule has 1 fully saturated rings. The van der Waals surface area contributed by atoms with Gasteiger partial charge in [-0.15, -0.1) is 0 Å². The molecule has 0 aliphatic carbocycles. The number of pyridine rings is 1. The van der Waals surface area contributed by atoms with E-state index in [2.05, 4.69) is 10.3 Å². The Hall–Kier alpha value is -2.90. The van der Waals surface area contributed by atoms with Gasteiger partial charge in [0.05, 0.1) is 23.8 Å². The Labute approximate surface area is 166 Å². The van der Waals surface area contributed by atoms with Crippen molar-refractivity contribution in [2.24, 2.45) is 0 Å². The standard InChI is InChI=1S/C21H22F3N3O2/c1-14(28)25-13-20(29)27-9-3-6-19(27)18-8-7-16(12-26-18)10-15-4-2-5-17(11-15)21(22,23)24/h2,4-5,7-8,11-12,19H,3,6,9-10,13H2,1H3,(H,25,28)/t19-/m0/s1. The van der Waals surface area contributed by atoms with Gasteiger partial charge in [0.15, 0.2) is 0 Å². The summed E-state index contributed by atoms with van der Waals surface area (Å²) in [5, 5.41) is 2.52. The average molecular weight is 405 g/mol. The number of halogens is 3. The molecular formula is C21H22F3N3O2. The third-order valence-electron chi connectivity index (χ3n) is 4.91. The molecule has 1 aromatic carbocycles. The van der Waals surface area contributed by atoms with E-state index in [9.17, 15) is 22.8 Å². The van der Waals surface area contributed by atoms with Crippen molar-refractivity contribution in [1.29, 1.82) is 0 Å². The van der Waals surface area contributed by atoms with Crippen LogP contribution in [0.1, 0.15) is 48.2 Å². The zero-order valence-electron chi connectivity index (χ0n) is 16.0. The quantitative estimate of drug-likeness (QED) is 0.828. The van der Waals surface area contributed by atoms with Crippen LogP contribution in [0.25, 0.3) is 0 Å². The van der Waals surface area contributed by atoms with Crippen molar-refractivity contribution in [2.45, 2.75) is 38.4 Å². The fourth-order valence-corrected chi connectivity index (χ4v) is 3.51. The van der Waals surface area contributed by atoms with Crippen molar-refractivity contribution < 1.29 is 22.8 Å². The summed E-state index contributed by atoms with van der Waals surface area (Å²) in [4.78, 5) is 29.5. The Kier molecular flexibility index (Phi) is 6.20. The van der Waals surface area contributed by atoms with Gasteiger partial charge in [-0.25, -0.2) is 0 Å². The number of amides is 2. The Bertz CT molecular complexity index is 881. The van der Waals surface area contributed by atoms with Crippen LogP contribution in [0.4, 0.5) is 13.2 Å². The van der Waals surface area contributed by atoms with E-state index in [0.717, 1.165) is 36.2 Å². The predicted octanol–water partition coefficient (Wildman–Crippen LogP) is 3.49. The molecule has 8 heteroatoms. The number of carbonyl (C=O) groups is 2. The third kappa shape index (κ3) is 5.34. The summed E-state index contributed by atoms with van der Waals surface area (Å²) in [7, 11) is 0. The molecule has 0 spiro atoms. The Morgan fingerprint density at radius 3 is 2.66 bits per heavy atom. The molecule has 1 saturated heterocycles. The number of carbonyl (C=O) groups excluding carboxylic acids is 2. The second kappa shape index (κ2) is 8.63. The predicted molar refractivity (Wildman–Crippen MR) is 101 cm³/mol. The summed E-state index contributed by atoms with van der Waals surface area (Å²) in [6.07, 6.45) is -0.749. The molecule has 2 heterocycles. The molecule has 1 aliphatic rings. The number of hydrogen-bond donors (Lipinski definition) is 1. The summed E-state index contributed by atoms with van der Waals surface area (Å²) in [5.74, 6) is -0.413. The van der Waals surface area contributed by atoms with Gasteiger partial charge in [0.25, 0.3) is 0 Å². The number of rotatable bonds is 5. The minimum atomic E-state index is -4.37. The third-order valence-corrected chi connectivity index (χ3v) is 4.91. The number of aromatic nitrogens is 1. The topological polar surface area (TPSA) is 62.3 Å². The van der Waals surface area contributed by atoms with Crippen molar-refractivity contribution in [3.63, 3.8) is 0 Å². The molecule has 29 heavy (non-hydrogen) atoms. The highest BCUT2D eigenvalue weighted by molar-refractivity contribution is 5.84. The lowest BCUT2D eigenvalue weighted by molar-refractivity contribution is -0.137. The zero-order chi connectivity index (χ0) is 21.0. The van der Waals surface area contributed by atoms with Gasteiger partial charge in [0.1, 0.15) is 0 Å². The summed E-state index contributed by atoms with van der Waals surface area (Å²) >= 11 is 0. The van der Waals surface area contributed by atoms with Crippen LogP contribution >= 0.6 is 0 Å². The second-order valence-electron chi connectivity index (χ2n) is 7.12. The molecule has 1 aromatic heterocycles. The highest BCUT2D eigenvalue weighted by atomic mass is 19.4. The average Bonchev–Trinajstić information content (AvgIpc) is 3.16. The molecule has 2 aromatic rings. The first-order chi connectivity index (χ1) is 13.7. The zero-order valence-corrected chi connectivity index (χ0v) is 16.0. The van der Waals surface area contributed by atoms with Crippen LogP contribution in [0.5, 0.6) is 0 Å². The first-order valence-electron chi connectivity index (χ1n) is 9.39. The first kappa shape index (κ1) is 20.8. The smallest absolute Gasteiger partial charge is 0.347 e. The van der Waals surface area contributed by atoms with Gasteiger partial charge >= 0.3 is 6.18 Å². The number of hydrogen-bond acceptors (Lipinski definition) is 3. The molecule has 0 radical (unpaired) electrons.